The summed E-state index contributed by atoms with van der Waals surface area (Å²) in [4.78, 5) is 12.8. The van der Waals surface area contributed by atoms with Crippen molar-refractivity contribution in [2.24, 2.45) is 0 Å². The maximum atomic E-state index is 13.1. The van der Waals surface area contributed by atoms with Gasteiger partial charge in [-0.1, -0.05) is 16.8 Å². The molecule has 170 valence electrons. The molecule has 1 aliphatic rings. The number of amides is 1. The van der Waals surface area contributed by atoms with Crippen LogP contribution in [0.1, 0.15) is 26.5 Å². The van der Waals surface area contributed by atoms with Gasteiger partial charge in [0.1, 0.15) is 20.5 Å². The van der Waals surface area contributed by atoms with Crippen molar-refractivity contribution in [3.05, 3.63) is 44.2 Å². The molecule has 32 heavy (non-hydrogen) atoms. The van der Waals surface area contributed by atoms with E-state index in [1.165, 1.54) is 11.4 Å². The zero-order valence-corrected chi connectivity index (χ0v) is 19.3. The molecular weight excluding hydrogens is 482 g/mol. The lowest BCUT2D eigenvalue weighted by atomic mass is 10.0. The van der Waals surface area contributed by atoms with Crippen LogP contribution in [-0.2, 0) is 16.4 Å². The van der Waals surface area contributed by atoms with Gasteiger partial charge in [0.25, 0.3) is 21.8 Å². The smallest absolute Gasteiger partial charge is 0.267 e. The topological polar surface area (TPSA) is 140 Å². The molecule has 0 radical (unpaired) electrons. The first-order valence-corrected chi connectivity index (χ1v) is 12.0. The number of aryl methyl sites for hydroxylation is 1. The number of thiophene rings is 1. The van der Waals surface area contributed by atoms with Crippen molar-refractivity contribution in [3.8, 4) is 11.5 Å². The molecule has 0 atom stereocenters. The van der Waals surface area contributed by atoms with E-state index >= 15 is 0 Å². The molecule has 3 heterocycles. The summed E-state index contributed by atoms with van der Waals surface area (Å²) in [6, 6.07) is 2.99. The first-order valence-electron chi connectivity index (χ1n) is 9.29. The Bertz CT molecular complexity index is 1300. The summed E-state index contributed by atoms with van der Waals surface area (Å²) in [5.41, 5.74) is 1.99. The molecule has 0 bridgehead atoms. The maximum Gasteiger partial charge on any atom is 0.267 e. The standard InChI is InChI=1S/C19H18ClN3O7S2/c1-9-15(11(3-5-24)7-12-16(9)29-8-28-12)21-18(25)17-13(4-6-31-17)32(26,27)23-19-14(20)10(2)22-30-19/h4,6-7,23-24H,3,5,8H2,1-2H3,(H,21,25). The van der Waals surface area contributed by atoms with Crippen LogP contribution in [-0.4, -0.2) is 38.0 Å². The summed E-state index contributed by atoms with van der Waals surface area (Å²) >= 11 is 6.95. The number of fused-ring (bicyclic) bond motifs is 1. The Balaban J connectivity index is 1.66. The molecule has 2 aromatic heterocycles. The van der Waals surface area contributed by atoms with Crippen LogP contribution in [0.25, 0.3) is 0 Å². The second-order valence-electron chi connectivity index (χ2n) is 6.83. The van der Waals surface area contributed by atoms with Gasteiger partial charge in [0, 0.05) is 12.2 Å². The number of nitrogens with one attached hydrogen (secondary N) is 2. The second-order valence-corrected chi connectivity index (χ2v) is 9.77. The van der Waals surface area contributed by atoms with Crippen molar-refractivity contribution < 1.29 is 32.3 Å². The molecule has 1 aliphatic heterocycles. The highest BCUT2D eigenvalue weighted by Crippen LogP contribution is 2.42. The van der Waals surface area contributed by atoms with Crippen molar-refractivity contribution in [1.82, 2.24) is 5.16 Å². The summed E-state index contributed by atoms with van der Waals surface area (Å²) in [5, 5.41) is 17.3. The van der Waals surface area contributed by atoms with E-state index in [0.29, 0.717) is 34.0 Å². The third-order valence-corrected chi connectivity index (χ3v) is 7.61. The fraction of sp³-hybridized carbons (Fsp3) is 0.263. The van der Waals surface area contributed by atoms with Gasteiger partial charge in [-0.3, -0.25) is 4.79 Å². The Kier molecular flexibility index (Phi) is 6.03. The highest BCUT2D eigenvalue weighted by Gasteiger charge is 2.29. The van der Waals surface area contributed by atoms with Crippen molar-refractivity contribution in [3.63, 3.8) is 0 Å². The van der Waals surface area contributed by atoms with Gasteiger partial charge in [0.05, 0.1) is 5.69 Å². The third kappa shape index (κ3) is 4.01. The number of rotatable bonds is 7. The van der Waals surface area contributed by atoms with Crippen molar-refractivity contribution in [2.75, 3.05) is 23.4 Å². The van der Waals surface area contributed by atoms with E-state index in [0.717, 1.165) is 11.3 Å². The molecule has 0 saturated heterocycles. The Hall–Kier alpha value is -2.80. The third-order valence-electron chi connectivity index (χ3n) is 4.75. The number of hydrogen-bond donors (Lipinski definition) is 3. The van der Waals surface area contributed by atoms with Crippen LogP contribution in [0.4, 0.5) is 11.6 Å². The van der Waals surface area contributed by atoms with Gasteiger partial charge in [-0.2, -0.15) is 0 Å². The molecular formula is C19H18ClN3O7S2. The first kappa shape index (κ1) is 22.4. The van der Waals surface area contributed by atoms with Crippen LogP contribution in [0.2, 0.25) is 5.02 Å². The Labute approximate surface area is 192 Å². The molecule has 0 spiro atoms. The number of aliphatic hydroxyl groups is 1. The second kappa shape index (κ2) is 8.62. The average Bonchev–Trinajstić information content (AvgIpc) is 3.48. The number of benzene rings is 1. The predicted octanol–water partition coefficient (Wildman–Crippen LogP) is 3.32. The largest absolute Gasteiger partial charge is 0.454 e. The monoisotopic (exact) mass is 499 g/mol. The lowest BCUT2D eigenvalue weighted by Crippen LogP contribution is -2.19. The highest BCUT2D eigenvalue weighted by atomic mass is 35.5. The van der Waals surface area contributed by atoms with Crippen molar-refractivity contribution in [2.45, 2.75) is 25.2 Å². The number of nitrogens with zero attached hydrogens (tertiary/aromatic N) is 1. The lowest BCUT2D eigenvalue weighted by molar-refractivity contribution is 0.102. The summed E-state index contributed by atoms with van der Waals surface area (Å²) in [6.07, 6.45) is 0.258. The van der Waals surface area contributed by atoms with E-state index < -0.39 is 15.9 Å². The van der Waals surface area contributed by atoms with Crippen LogP contribution in [0.5, 0.6) is 11.5 Å². The van der Waals surface area contributed by atoms with Crippen LogP contribution in [0.3, 0.4) is 0 Å². The molecule has 13 heteroatoms. The number of ether oxygens (including phenoxy) is 2. The predicted molar refractivity (Wildman–Crippen MR) is 117 cm³/mol. The molecule has 4 rings (SSSR count). The Morgan fingerprint density at radius 2 is 2.12 bits per heavy atom. The molecule has 0 fully saturated rings. The molecule has 1 amide bonds. The normalized spacial score (nSPS) is 12.8. The number of carbonyl (C=O) groups is 1. The van der Waals surface area contributed by atoms with E-state index in [1.807, 2.05) is 0 Å². The van der Waals surface area contributed by atoms with Gasteiger partial charge in [-0.15, -0.1) is 11.3 Å². The zero-order valence-electron chi connectivity index (χ0n) is 16.9. The van der Waals surface area contributed by atoms with Crippen molar-refractivity contribution in [1.29, 1.82) is 0 Å². The molecule has 1 aromatic carbocycles. The minimum atomic E-state index is -4.19. The van der Waals surface area contributed by atoms with E-state index in [-0.39, 0.29) is 40.5 Å². The molecule has 0 aliphatic carbocycles. The van der Waals surface area contributed by atoms with Crippen molar-refractivity contribution >= 4 is 50.4 Å². The molecule has 0 saturated carbocycles. The number of aliphatic hydroxyl groups excluding tert-OH is 1. The summed E-state index contributed by atoms with van der Waals surface area (Å²) < 4.78 is 43.8. The zero-order chi connectivity index (χ0) is 23.0. The summed E-state index contributed by atoms with van der Waals surface area (Å²) in [5.74, 6) is 0.129. The minimum absolute atomic E-state index is 0.0273. The number of hydrogen-bond acceptors (Lipinski definition) is 9. The fourth-order valence-electron chi connectivity index (χ4n) is 3.21. The lowest BCUT2D eigenvalue weighted by Gasteiger charge is -2.16. The number of halogens is 1. The number of carbonyl (C=O) groups excluding carboxylic acids is 1. The molecule has 0 unspecified atom stereocenters. The average molecular weight is 500 g/mol. The van der Waals surface area contributed by atoms with Gasteiger partial charge in [0.15, 0.2) is 11.5 Å². The molecule has 3 N–H and O–H groups in total. The Morgan fingerprint density at radius 1 is 1.34 bits per heavy atom. The number of sulfonamides is 1. The van der Waals surface area contributed by atoms with Crippen LogP contribution >= 0.6 is 22.9 Å². The van der Waals surface area contributed by atoms with Gasteiger partial charge >= 0.3 is 0 Å². The van der Waals surface area contributed by atoms with Crippen LogP contribution in [0.15, 0.2) is 26.9 Å². The fourth-order valence-corrected chi connectivity index (χ4v) is 5.70. The highest BCUT2D eigenvalue weighted by molar-refractivity contribution is 7.93. The molecule has 3 aromatic rings. The van der Waals surface area contributed by atoms with Gasteiger partial charge in [-0.05, 0) is 43.3 Å². The minimum Gasteiger partial charge on any atom is -0.454 e. The summed E-state index contributed by atoms with van der Waals surface area (Å²) in [6.45, 7) is 3.20. The molecule has 10 nitrogen and oxygen atoms in total. The quantitative estimate of drug-likeness (QED) is 0.449. The SMILES string of the molecule is Cc1noc(NS(=O)(=O)c2ccsc2C(=O)Nc2c(CCO)cc3c(c2C)OCO3)c1Cl. The van der Waals surface area contributed by atoms with Gasteiger partial charge in [0.2, 0.25) is 6.79 Å². The number of anilines is 2. The first-order chi connectivity index (χ1) is 15.2. The van der Waals surface area contributed by atoms with E-state index in [4.69, 9.17) is 25.6 Å². The van der Waals surface area contributed by atoms with E-state index in [1.54, 1.807) is 19.9 Å². The van der Waals surface area contributed by atoms with E-state index in [2.05, 4.69) is 15.2 Å². The van der Waals surface area contributed by atoms with Gasteiger partial charge in [-0.25, -0.2) is 13.1 Å². The van der Waals surface area contributed by atoms with Gasteiger partial charge < -0.3 is 24.4 Å². The number of aromatic nitrogens is 1. The van der Waals surface area contributed by atoms with E-state index in [9.17, 15) is 18.3 Å². The summed E-state index contributed by atoms with van der Waals surface area (Å²) in [7, 11) is -4.19. The van der Waals surface area contributed by atoms with Crippen LogP contribution < -0.4 is 19.5 Å². The van der Waals surface area contributed by atoms with Crippen LogP contribution in [0, 0.1) is 13.8 Å². The maximum absolute atomic E-state index is 13.1. The Morgan fingerprint density at radius 3 is 2.81 bits per heavy atom.